The number of hydrogen-bond acceptors (Lipinski definition) is 4. The minimum absolute atomic E-state index is 0.0970. The molecule has 0 radical (unpaired) electrons. The molecule has 1 N–H and O–H groups in total. The summed E-state index contributed by atoms with van der Waals surface area (Å²) in [7, 11) is 0. The maximum Gasteiger partial charge on any atom is 0.406 e. The van der Waals surface area contributed by atoms with Crippen LogP contribution in [0.1, 0.15) is 18.6 Å². The number of likely N-dealkylation sites (tertiary alicyclic amines) is 1. The number of furan rings is 1. The number of anilines is 1. The van der Waals surface area contributed by atoms with Crippen molar-refractivity contribution in [2.75, 3.05) is 24.5 Å². The lowest BCUT2D eigenvalue weighted by atomic mass is 10.2. The van der Waals surface area contributed by atoms with Gasteiger partial charge in [0.25, 0.3) is 0 Å². The number of hydrogen-bond donors (Lipinski definition) is 1. The van der Waals surface area contributed by atoms with Gasteiger partial charge in [-0.05, 0) is 55.8 Å². The number of nitrogens with zero attached hydrogens (tertiary/aromatic N) is 2. The summed E-state index contributed by atoms with van der Waals surface area (Å²) < 4.78 is 44.4. The van der Waals surface area contributed by atoms with Gasteiger partial charge in [-0.2, -0.15) is 13.2 Å². The lowest BCUT2D eigenvalue weighted by Gasteiger charge is -2.28. The second-order valence-corrected chi connectivity index (χ2v) is 7.43. The lowest BCUT2D eigenvalue weighted by Crippen LogP contribution is -2.49. The van der Waals surface area contributed by atoms with E-state index in [1.54, 1.807) is 17.0 Å². The zero-order chi connectivity index (χ0) is 21.7. The number of benzene rings is 1. The van der Waals surface area contributed by atoms with E-state index in [0.29, 0.717) is 35.1 Å². The van der Waals surface area contributed by atoms with Crippen LogP contribution in [0.2, 0.25) is 5.02 Å². The predicted molar refractivity (Wildman–Crippen MR) is 105 cm³/mol. The maximum absolute atomic E-state index is 13.1. The molecule has 1 aromatic carbocycles. The largest absolute Gasteiger partial charge is 0.467 e. The highest BCUT2D eigenvalue weighted by molar-refractivity contribution is 6.30. The van der Waals surface area contributed by atoms with E-state index in [2.05, 4.69) is 5.32 Å². The normalized spacial score (nSPS) is 17.1. The molecule has 1 fully saturated rings. The summed E-state index contributed by atoms with van der Waals surface area (Å²) in [6, 6.07) is 8.42. The zero-order valence-electron chi connectivity index (χ0n) is 16.0. The van der Waals surface area contributed by atoms with Crippen molar-refractivity contribution in [2.45, 2.75) is 31.6 Å². The minimum Gasteiger partial charge on any atom is -0.467 e. The van der Waals surface area contributed by atoms with Crippen LogP contribution in [0.3, 0.4) is 0 Å². The van der Waals surface area contributed by atoms with E-state index < -0.39 is 24.7 Å². The molecule has 0 saturated carbocycles. The van der Waals surface area contributed by atoms with Crippen molar-refractivity contribution in [3.8, 4) is 0 Å². The monoisotopic (exact) mass is 443 g/mol. The number of halogens is 4. The third-order valence-corrected chi connectivity index (χ3v) is 5.05. The molecule has 162 valence electrons. The van der Waals surface area contributed by atoms with Gasteiger partial charge in [0.2, 0.25) is 11.8 Å². The van der Waals surface area contributed by atoms with Crippen molar-refractivity contribution < 1.29 is 27.2 Å². The Balaban J connectivity index is 1.67. The molecule has 0 aliphatic carbocycles. The van der Waals surface area contributed by atoms with Crippen molar-refractivity contribution in [1.29, 1.82) is 0 Å². The van der Waals surface area contributed by atoms with E-state index in [1.807, 2.05) is 0 Å². The first kappa shape index (κ1) is 22.2. The van der Waals surface area contributed by atoms with Crippen molar-refractivity contribution >= 4 is 29.1 Å². The standard InChI is InChI=1S/C20H21ClF3N3O3/c21-14-5-7-15(8-6-14)27(13-20(22,23)24)18(28)12-26-9-1-4-17(26)19(29)25-11-16-3-2-10-30-16/h2-3,5-8,10,17H,1,4,9,11-13H2,(H,25,29)/t17-/m1/s1. The summed E-state index contributed by atoms with van der Waals surface area (Å²) in [5.41, 5.74) is 0.0970. The number of amides is 2. The Morgan fingerprint density at radius 1 is 1.23 bits per heavy atom. The molecule has 6 nitrogen and oxygen atoms in total. The van der Waals surface area contributed by atoms with Gasteiger partial charge in [-0.25, -0.2) is 0 Å². The smallest absolute Gasteiger partial charge is 0.406 e. The van der Waals surface area contributed by atoms with Crippen LogP contribution in [0.15, 0.2) is 47.1 Å². The van der Waals surface area contributed by atoms with Gasteiger partial charge in [-0.3, -0.25) is 14.5 Å². The summed E-state index contributed by atoms with van der Waals surface area (Å²) in [5.74, 6) is -0.436. The Morgan fingerprint density at radius 2 is 1.97 bits per heavy atom. The lowest BCUT2D eigenvalue weighted by molar-refractivity contribution is -0.134. The van der Waals surface area contributed by atoms with Gasteiger partial charge in [0.15, 0.2) is 0 Å². The molecule has 2 heterocycles. The third-order valence-electron chi connectivity index (χ3n) is 4.80. The number of carbonyl (C=O) groups is 2. The quantitative estimate of drug-likeness (QED) is 0.710. The van der Waals surface area contributed by atoms with Crippen LogP contribution >= 0.6 is 11.6 Å². The molecule has 10 heteroatoms. The second kappa shape index (κ2) is 9.53. The summed E-state index contributed by atoms with van der Waals surface area (Å²) >= 11 is 5.80. The number of carbonyl (C=O) groups excluding carboxylic acids is 2. The molecule has 2 amide bonds. The van der Waals surface area contributed by atoms with E-state index in [-0.39, 0.29) is 24.7 Å². The Hall–Kier alpha value is -2.52. The Kier molecular flexibility index (Phi) is 7.04. The number of alkyl halides is 3. The summed E-state index contributed by atoms with van der Waals surface area (Å²) in [4.78, 5) is 27.6. The SMILES string of the molecule is O=C(NCc1ccco1)[C@H]1CCCN1CC(=O)N(CC(F)(F)F)c1ccc(Cl)cc1. The van der Waals surface area contributed by atoms with E-state index in [4.69, 9.17) is 16.0 Å². The van der Waals surface area contributed by atoms with Crippen LogP contribution in [-0.2, 0) is 16.1 Å². The molecule has 1 saturated heterocycles. The fourth-order valence-corrected chi connectivity index (χ4v) is 3.53. The number of nitrogens with one attached hydrogen (secondary N) is 1. The number of rotatable bonds is 7. The van der Waals surface area contributed by atoms with E-state index in [0.717, 1.165) is 0 Å². The van der Waals surface area contributed by atoms with Crippen molar-refractivity contribution in [3.05, 3.63) is 53.4 Å². The van der Waals surface area contributed by atoms with E-state index in [9.17, 15) is 22.8 Å². The second-order valence-electron chi connectivity index (χ2n) is 7.00. The molecule has 0 unspecified atom stereocenters. The summed E-state index contributed by atoms with van der Waals surface area (Å²) in [6.45, 7) is -1.06. The maximum atomic E-state index is 13.1. The third kappa shape index (κ3) is 5.99. The highest BCUT2D eigenvalue weighted by atomic mass is 35.5. The van der Waals surface area contributed by atoms with E-state index in [1.165, 1.54) is 30.5 Å². The molecule has 1 aliphatic heterocycles. The van der Waals surface area contributed by atoms with Gasteiger partial charge in [0.05, 0.1) is 25.4 Å². The van der Waals surface area contributed by atoms with Crippen molar-refractivity contribution in [1.82, 2.24) is 10.2 Å². The first-order valence-corrected chi connectivity index (χ1v) is 9.77. The molecule has 1 aliphatic rings. The van der Waals surface area contributed by atoms with Gasteiger partial charge in [0.1, 0.15) is 12.3 Å². The molecule has 1 atom stereocenters. The average Bonchev–Trinajstić information content (AvgIpc) is 3.36. The highest BCUT2D eigenvalue weighted by Gasteiger charge is 2.37. The van der Waals surface area contributed by atoms with Gasteiger partial charge in [-0.15, -0.1) is 0 Å². The average molecular weight is 444 g/mol. The van der Waals surface area contributed by atoms with Crippen LogP contribution in [0.25, 0.3) is 0 Å². The molecular formula is C20H21ClF3N3O3. The molecule has 1 aromatic heterocycles. The highest BCUT2D eigenvalue weighted by Crippen LogP contribution is 2.25. The van der Waals surface area contributed by atoms with Crippen LogP contribution in [0.5, 0.6) is 0 Å². The first-order chi connectivity index (χ1) is 14.2. The Bertz CT molecular complexity index is 856. The molecular weight excluding hydrogens is 423 g/mol. The van der Waals surface area contributed by atoms with Gasteiger partial charge in [0, 0.05) is 10.7 Å². The molecule has 0 spiro atoms. The topological polar surface area (TPSA) is 65.8 Å². The van der Waals surface area contributed by atoms with Crippen LogP contribution in [0, 0.1) is 0 Å². The van der Waals surface area contributed by atoms with Gasteiger partial charge in [-0.1, -0.05) is 11.6 Å². The zero-order valence-corrected chi connectivity index (χ0v) is 16.7. The fourth-order valence-electron chi connectivity index (χ4n) is 3.40. The first-order valence-electron chi connectivity index (χ1n) is 9.40. The van der Waals surface area contributed by atoms with Crippen molar-refractivity contribution in [3.63, 3.8) is 0 Å². The van der Waals surface area contributed by atoms with E-state index >= 15 is 0 Å². The van der Waals surface area contributed by atoms with Crippen molar-refractivity contribution in [2.24, 2.45) is 0 Å². The Labute approximate surface area is 176 Å². The van der Waals surface area contributed by atoms with Crippen LogP contribution in [0.4, 0.5) is 18.9 Å². The minimum atomic E-state index is -4.57. The van der Waals surface area contributed by atoms with Crippen LogP contribution in [-0.4, -0.2) is 48.6 Å². The summed E-state index contributed by atoms with van der Waals surface area (Å²) in [5, 5.41) is 3.09. The summed E-state index contributed by atoms with van der Waals surface area (Å²) in [6.07, 6.45) is -1.88. The van der Waals surface area contributed by atoms with Gasteiger partial charge >= 0.3 is 6.18 Å². The van der Waals surface area contributed by atoms with Crippen LogP contribution < -0.4 is 10.2 Å². The molecule has 3 rings (SSSR count). The molecule has 2 aromatic rings. The Morgan fingerprint density at radius 3 is 2.60 bits per heavy atom. The van der Waals surface area contributed by atoms with Gasteiger partial charge < -0.3 is 14.6 Å². The fraction of sp³-hybridized carbons (Fsp3) is 0.400. The predicted octanol–water partition coefficient (Wildman–Crippen LogP) is 3.61. The molecule has 0 bridgehead atoms. The molecule has 30 heavy (non-hydrogen) atoms.